The van der Waals surface area contributed by atoms with Crippen LogP contribution >= 0.6 is 0 Å². The van der Waals surface area contributed by atoms with Crippen LogP contribution in [0.3, 0.4) is 0 Å². The van der Waals surface area contributed by atoms with E-state index in [4.69, 9.17) is 10.5 Å². The first kappa shape index (κ1) is 22.6. The number of allylic oxidation sites excluding steroid dienone is 1. The first-order chi connectivity index (χ1) is 16.4. The van der Waals surface area contributed by atoms with Crippen LogP contribution in [0.1, 0.15) is 24.8 Å². The lowest BCUT2D eigenvalue weighted by molar-refractivity contribution is -0.122. The summed E-state index contributed by atoms with van der Waals surface area (Å²) in [4.78, 5) is 22.7. The molecular weight excluding hydrogens is 435 g/mol. The number of benzene rings is 1. The number of likely N-dealkylation sites (tertiary alicyclic amines) is 1. The summed E-state index contributed by atoms with van der Waals surface area (Å²) in [6, 6.07) is 5.54. The molecule has 2 bridgehead atoms. The van der Waals surface area contributed by atoms with Crippen molar-refractivity contribution in [2.45, 2.75) is 38.3 Å². The molecule has 1 saturated carbocycles. The Labute approximate surface area is 198 Å². The molecule has 1 aliphatic heterocycles. The van der Waals surface area contributed by atoms with E-state index in [-0.39, 0.29) is 47.6 Å². The second-order valence-electron chi connectivity index (χ2n) is 9.66. The van der Waals surface area contributed by atoms with Crippen molar-refractivity contribution < 1.29 is 13.9 Å². The van der Waals surface area contributed by atoms with Crippen LogP contribution in [-0.2, 0) is 4.79 Å². The number of aromatic nitrogens is 2. The Morgan fingerprint density at radius 3 is 2.74 bits per heavy atom. The van der Waals surface area contributed by atoms with Gasteiger partial charge in [-0.05, 0) is 68.8 Å². The second kappa shape index (κ2) is 9.21. The van der Waals surface area contributed by atoms with E-state index in [1.807, 2.05) is 31.2 Å². The first-order valence-corrected chi connectivity index (χ1v) is 11.9. The highest BCUT2D eigenvalue weighted by Gasteiger charge is 2.47. The number of piperidine rings is 1. The van der Waals surface area contributed by atoms with Crippen LogP contribution in [0.5, 0.6) is 5.75 Å². The number of ether oxygens (including phenoxy) is 1. The number of hydrogen-bond donors (Lipinski definition) is 3. The highest BCUT2D eigenvalue weighted by Crippen LogP contribution is 2.45. The SMILES string of the molecule is Cc1cc(Nc2ncc(F)c(N[C@@H]3[C@H]4C=CC(C4)[C@@H]3C(N)=O)n2)ccc1OC1CCN(C)CC1. The number of carbonyl (C=O) groups excluding carboxylic acids is 1. The minimum atomic E-state index is -0.571. The summed E-state index contributed by atoms with van der Waals surface area (Å²) in [6.45, 7) is 4.08. The molecule has 5 rings (SSSR count). The number of primary amides is 1. The minimum Gasteiger partial charge on any atom is -0.490 e. The van der Waals surface area contributed by atoms with Crippen LogP contribution in [0.25, 0.3) is 0 Å². The van der Waals surface area contributed by atoms with Crippen LogP contribution in [0, 0.1) is 30.5 Å². The van der Waals surface area contributed by atoms with E-state index in [2.05, 4.69) is 38.6 Å². The van der Waals surface area contributed by atoms with Crippen molar-refractivity contribution in [3.05, 3.63) is 47.9 Å². The maximum atomic E-state index is 14.5. The average molecular weight is 467 g/mol. The fourth-order valence-electron chi connectivity index (χ4n) is 5.36. The average Bonchev–Trinajstić information content (AvgIpc) is 3.41. The van der Waals surface area contributed by atoms with Crippen LogP contribution in [0.4, 0.5) is 21.8 Å². The topological polar surface area (TPSA) is 105 Å². The Morgan fingerprint density at radius 2 is 2.00 bits per heavy atom. The highest BCUT2D eigenvalue weighted by atomic mass is 19.1. The van der Waals surface area contributed by atoms with Gasteiger partial charge in [-0.2, -0.15) is 4.98 Å². The molecule has 2 aliphatic carbocycles. The zero-order valence-corrected chi connectivity index (χ0v) is 19.5. The Kier molecular flexibility index (Phi) is 6.12. The Bertz CT molecular complexity index is 1100. The lowest BCUT2D eigenvalue weighted by Crippen LogP contribution is -2.41. The van der Waals surface area contributed by atoms with E-state index in [1.54, 1.807) is 0 Å². The van der Waals surface area contributed by atoms with Crippen molar-refractivity contribution in [2.75, 3.05) is 30.8 Å². The van der Waals surface area contributed by atoms with E-state index >= 15 is 0 Å². The molecule has 4 N–H and O–H groups in total. The Hall–Kier alpha value is -3.20. The van der Waals surface area contributed by atoms with Crippen LogP contribution in [-0.4, -0.2) is 53.1 Å². The Balaban J connectivity index is 1.27. The quantitative estimate of drug-likeness (QED) is 0.538. The van der Waals surface area contributed by atoms with Gasteiger partial charge in [0.15, 0.2) is 11.6 Å². The van der Waals surface area contributed by atoms with Gasteiger partial charge in [0.2, 0.25) is 11.9 Å². The lowest BCUT2D eigenvalue weighted by atomic mass is 9.88. The van der Waals surface area contributed by atoms with E-state index < -0.39 is 5.82 Å². The number of rotatable bonds is 7. The molecule has 8 nitrogen and oxygen atoms in total. The number of nitrogens with one attached hydrogen (secondary N) is 2. The Morgan fingerprint density at radius 1 is 1.24 bits per heavy atom. The summed E-state index contributed by atoms with van der Waals surface area (Å²) in [6.07, 6.45) is 8.34. The van der Waals surface area contributed by atoms with Crippen LogP contribution in [0.15, 0.2) is 36.5 Å². The lowest BCUT2D eigenvalue weighted by Gasteiger charge is -2.29. The van der Waals surface area contributed by atoms with Gasteiger partial charge in [0, 0.05) is 24.8 Å². The fraction of sp³-hybridized carbons (Fsp3) is 0.480. The number of nitrogens with two attached hydrogens (primary N) is 1. The molecule has 9 heteroatoms. The second-order valence-corrected chi connectivity index (χ2v) is 9.66. The number of carbonyl (C=O) groups is 1. The number of amides is 1. The molecule has 2 fully saturated rings. The number of nitrogens with zero attached hydrogens (tertiary/aromatic N) is 3. The molecule has 2 heterocycles. The third-order valence-electron chi connectivity index (χ3n) is 7.23. The number of halogens is 1. The molecule has 1 amide bonds. The molecule has 1 aromatic heterocycles. The predicted octanol–water partition coefficient (Wildman–Crippen LogP) is 3.23. The smallest absolute Gasteiger partial charge is 0.229 e. The molecule has 1 saturated heterocycles. The van der Waals surface area contributed by atoms with Crippen LogP contribution < -0.4 is 21.1 Å². The molecule has 1 unspecified atom stereocenters. The number of anilines is 3. The van der Waals surface area contributed by atoms with Crippen molar-refractivity contribution in [1.82, 2.24) is 14.9 Å². The summed E-state index contributed by atoms with van der Waals surface area (Å²) in [7, 11) is 2.13. The zero-order chi connectivity index (χ0) is 23.8. The van der Waals surface area contributed by atoms with Gasteiger partial charge >= 0.3 is 0 Å². The van der Waals surface area contributed by atoms with Gasteiger partial charge in [0.1, 0.15) is 11.9 Å². The molecule has 34 heavy (non-hydrogen) atoms. The van der Waals surface area contributed by atoms with Crippen LogP contribution in [0.2, 0.25) is 0 Å². The zero-order valence-electron chi connectivity index (χ0n) is 19.5. The molecule has 1 aromatic carbocycles. The van der Waals surface area contributed by atoms with Gasteiger partial charge in [-0.25, -0.2) is 9.37 Å². The van der Waals surface area contributed by atoms with E-state index in [1.165, 1.54) is 0 Å². The maximum absolute atomic E-state index is 14.5. The summed E-state index contributed by atoms with van der Waals surface area (Å²) in [5, 5.41) is 6.27. The fourth-order valence-corrected chi connectivity index (χ4v) is 5.36. The van der Waals surface area contributed by atoms with Crippen molar-refractivity contribution in [2.24, 2.45) is 23.5 Å². The predicted molar refractivity (Wildman–Crippen MR) is 128 cm³/mol. The van der Waals surface area contributed by atoms with Gasteiger partial charge in [-0.1, -0.05) is 12.2 Å². The summed E-state index contributed by atoms with van der Waals surface area (Å²) in [5.74, 6) is 0.104. The van der Waals surface area contributed by atoms with Gasteiger partial charge < -0.3 is 26.0 Å². The van der Waals surface area contributed by atoms with Gasteiger partial charge in [0.25, 0.3) is 0 Å². The third-order valence-corrected chi connectivity index (χ3v) is 7.23. The maximum Gasteiger partial charge on any atom is 0.229 e. The standard InChI is InChI=1S/C25H31FN6O2/c1-14-11-17(5-6-20(14)34-18-7-9-32(2)10-8-18)29-25-28-13-19(26)24(31-25)30-22-16-4-3-15(12-16)21(22)23(27)33/h3-6,11,13,15-16,18,21-22H,7-10,12H2,1-2H3,(H2,27,33)(H2,28,29,30,31)/t15?,16-,21-,22+/m0/s1. The number of fused-ring (bicyclic) bond motifs is 2. The first-order valence-electron chi connectivity index (χ1n) is 11.9. The number of hydrogen-bond acceptors (Lipinski definition) is 7. The molecule has 180 valence electrons. The normalized spacial score (nSPS) is 26.6. The summed E-state index contributed by atoms with van der Waals surface area (Å²) in [5.41, 5.74) is 7.41. The molecular formula is C25H31FN6O2. The van der Waals surface area contributed by atoms with Gasteiger partial charge in [-0.3, -0.25) is 4.79 Å². The van der Waals surface area contributed by atoms with E-state index in [9.17, 15) is 9.18 Å². The molecule has 0 radical (unpaired) electrons. The molecule has 4 atom stereocenters. The monoisotopic (exact) mass is 466 g/mol. The van der Waals surface area contributed by atoms with Crippen molar-refractivity contribution >= 4 is 23.4 Å². The van der Waals surface area contributed by atoms with E-state index in [0.717, 1.165) is 55.5 Å². The molecule has 2 aromatic rings. The summed E-state index contributed by atoms with van der Waals surface area (Å²) < 4.78 is 20.7. The molecule has 3 aliphatic rings. The van der Waals surface area contributed by atoms with Crippen molar-refractivity contribution in [3.63, 3.8) is 0 Å². The largest absolute Gasteiger partial charge is 0.490 e. The van der Waals surface area contributed by atoms with E-state index in [0.29, 0.717) is 0 Å². The van der Waals surface area contributed by atoms with Crippen molar-refractivity contribution in [3.8, 4) is 5.75 Å². The van der Waals surface area contributed by atoms with Gasteiger partial charge in [0.05, 0.1) is 12.1 Å². The highest BCUT2D eigenvalue weighted by molar-refractivity contribution is 5.79. The molecule has 0 spiro atoms. The summed E-state index contributed by atoms with van der Waals surface area (Å²) >= 11 is 0. The van der Waals surface area contributed by atoms with Crippen molar-refractivity contribution in [1.29, 1.82) is 0 Å². The third kappa shape index (κ3) is 4.57. The minimum absolute atomic E-state index is 0.0636. The number of aryl methyl sites for hydroxylation is 1. The van der Waals surface area contributed by atoms with Gasteiger partial charge in [-0.15, -0.1) is 0 Å².